The lowest BCUT2D eigenvalue weighted by Gasteiger charge is -2.30. The number of nitrogens with one attached hydrogen (secondary N) is 1. The zero-order chi connectivity index (χ0) is 13.8. The van der Waals surface area contributed by atoms with Gasteiger partial charge in [-0.1, -0.05) is 23.7 Å². The highest BCUT2D eigenvalue weighted by Crippen LogP contribution is 2.16. The summed E-state index contributed by atoms with van der Waals surface area (Å²) in [5.74, 6) is 0.191. The van der Waals surface area contributed by atoms with E-state index in [0.29, 0.717) is 24.5 Å². The quantitative estimate of drug-likeness (QED) is 0.882. The Morgan fingerprint density at radius 3 is 2.79 bits per heavy atom. The van der Waals surface area contributed by atoms with Crippen LogP contribution < -0.4 is 5.32 Å². The average molecular weight is 283 g/mol. The predicted octanol–water partition coefficient (Wildman–Crippen LogP) is 1.58. The number of likely N-dealkylation sites (N-methyl/N-ethyl adjacent to an activating group) is 1. The van der Waals surface area contributed by atoms with E-state index >= 15 is 0 Å². The standard InChI is InChI=1S/C14H19ClN2O2/c1-17-9-12(6-7-14(17)19)16-8-13(18)10-2-4-11(15)5-3-10/h2-5,12-13,16,18H,6-9H2,1H3. The Balaban J connectivity index is 1.82. The Morgan fingerprint density at radius 1 is 1.47 bits per heavy atom. The summed E-state index contributed by atoms with van der Waals surface area (Å²) in [6.07, 6.45) is 0.849. The van der Waals surface area contributed by atoms with Crippen LogP contribution in [0.3, 0.4) is 0 Å². The molecule has 0 aromatic heterocycles. The third-order valence-corrected chi connectivity index (χ3v) is 3.73. The smallest absolute Gasteiger partial charge is 0.222 e. The second-order valence-corrected chi connectivity index (χ2v) is 5.42. The third kappa shape index (κ3) is 3.93. The van der Waals surface area contributed by atoms with Crippen LogP contribution in [-0.2, 0) is 4.79 Å². The fourth-order valence-corrected chi connectivity index (χ4v) is 2.39. The number of rotatable bonds is 4. The molecule has 1 heterocycles. The Kier molecular flexibility index (Phi) is 4.80. The first-order chi connectivity index (χ1) is 9.06. The molecule has 2 N–H and O–H groups in total. The Morgan fingerprint density at radius 2 is 2.16 bits per heavy atom. The van der Waals surface area contributed by atoms with E-state index in [1.807, 2.05) is 19.2 Å². The van der Waals surface area contributed by atoms with E-state index in [2.05, 4.69) is 5.32 Å². The average Bonchev–Trinajstić information content (AvgIpc) is 2.40. The van der Waals surface area contributed by atoms with Gasteiger partial charge in [0.25, 0.3) is 0 Å². The largest absolute Gasteiger partial charge is 0.387 e. The molecular weight excluding hydrogens is 264 g/mol. The summed E-state index contributed by atoms with van der Waals surface area (Å²) in [6.45, 7) is 1.18. The molecule has 1 aliphatic rings. The van der Waals surface area contributed by atoms with Gasteiger partial charge < -0.3 is 15.3 Å². The van der Waals surface area contributed by atoms with Crippen LogP contribution in [0.2, 0.25) is 5.02 Å². The molecule has 0 bridgehead atoms. The SMILES string of the molecule is CN1CC(NCC(O)c2ccc(Cl)cc2)CCC1=O. The molecule has 0 radical (unpaired) electrons. The fraction of sp³-hybridized carbons (Fsp3) is 0.500. The molecule has 1 aliphatic heterocycles. The highest BCUT2D eigenvalue weighted by molar-refractivity contribution is 6.30. The molecule has 1 aromatic carbocycles. The minimum absolute atomic E-state index is 0.191. The molecule has 1 amide bonds. The van der Waals surface area contributed by atoms with Crippen molar-refractivity contribution in [3.63, 3.8) is 0 Å². The molecule has 0 aliphatic carbocycles. The number of carbonyl (C=O) groups excluding carboxylic acids is 1. The number of likely N-dealkylation sites (tertiary alicyclic amines) is 1. The minimum atomic E-state index is -0.555. The highest BCUT2D eigenvalue weighted by Gasteiger charge is 2.22. The van der Waals surface area contributed by atoms with Crippen molar-refractivity contribution in [2.45, 2.75) is 25.0 Å². The summed E-state index contributed by atoms with van der Waals surface area (Å²) < 4.78 is 0. The van der Waals surface area contributed by atoms with Gasteiger partial charge in [-0.05, 0) is 24.1 Å². The number of hydrogen-bond acceptors (Lipinski definition) is 3. The summed E-state index contributed by atoms with van der Waals surface area (Å²) >= 11 is 5.81. The molecule has 104 valence electrons. The van der Waals surface area contributed by atoms with Crippen molar-refractivity contribution in [2.75, 3.05) is 20.1 Å². The lowest BCUT2D eigenvalue weighted by Crippen LogP contribution is -2.47. The summed E-state index contributed by atoms with van der Waals surface area (Å²) in [5, 5.41) is 14.0. The predicted molar refractivity (Wildman–Crippen MR) is 75.1 cm³/mol. The molecule has 5 heteroatoms. The molecule has 4 nitrogen and oxygen atoms in total. The van der Waals surface area contributed by atoms with E-state index in [1.165, 1.54) is 0 Å². The maximum absolute atomic E-state index is 11.4. The summed E-state index contributed by atoms with van der Waals surface area (Å²) in [4.78, 5) is 13.1. The second-order valence-electron chi connectivity index (χ2n) is 4.99. The molecule has 0 spiro atoms. The Hall–Kier alpha value is -1.10. The van der Waals surface area contributed by atoms with E-state index in [9.17, 15) is 9.90 Å². The van der Waals surface area contributed by atoms with Gasteiger partial charge in [0.2, 0.25) is 5.91 Å². The van der Waals surface area contributed by atoms with Crippen LogP contribution in [0.5, 0.6) is 0 Å². The fourth-order valence-electron chi connectivity index (χ4n) is 2.26. The van der Waals surface area contributed by atoms with Crippen LogP contribution in [0.15, 0.2) is 24.3 Å². The van der Waals surface area contributed by atoms with Crippen LogP contribution in [-0.4, -0.2) is 42.1 Å². The van der Waals surface area contributed by atoms with Gasteiger partial charge in [0.15, 0.2) is 0 Å². The first kappa shape index (κ1) is 14.3. The van der Waals surface area contributed by atoms with Crippen LogP contribution in [0.1, 0.15) is 24.5 Å². The van der Waals surface area contributed by atoms with Crippen molar-refractivity contribution in [3.8, 4) is 0 Å². The van der Waals surface area contributed by atoms with Crippen LogP contribution in [0, 0.1) is 0 Å². The summed E-state index contributed by atoms with van der Waals surface area (Å²) in [6, 6.07) is 7.45. The van der Waals surface area contributed by atoms with E-state index in [0.717, 1.165) is 12.0 Å². The summed E-state index contributed by atoms with van der Waals surface area (Å²) in [5.41, 5.74) is 0.845. The van der Waals surface area contributed by atoms with Gasteiger partial charge >= 0.3 is 0 Å². The number of hydrogen-bond donors (Lipinski definition) is 2. The van der Waals surface area contributed by atoms with Gasteiger partial charge in [0.1, 0.15) is 0 Å². The van der Waals surface area contributed by atoms with Crippen LogP contribution in [0.4, 0.5) is 0 Å². The molecule has 2 unspecified atom stereocenters. The van der Waals surface area contributed by atoms with Crippen molar-refractivity contribution in [3.05, 3.63) is 34.9 Å². The number of carbonyl (C=O) groups is 1. The number of halogens is 1. The number of aliphatic hydroxyl groups excluding tert-OH is 1. The number of nitrogens with zero attached hydrogens (tertiary/aromatic N) is 1. The second kappa shape index (κ2) is 6.37. The number of benzene rings is 1. The van der Waals surface area contributed by atoms with Crippen LogP contribution in [0.25, 0.3) is 0 Å². The maximum Gasteiger partial charge on any atom is 0.222 e. The van der Waals surface area contributed by atoms with Crippen LogP contribution >= 0.6 is 11.6 Å². The van der Waals surface area contributed by atoms with E-state index in [-0.39, 0.29) is 11.9 Å². The van der Waals surface area contributed by atoms with Crippen molar-refractivity contribution < 1.29 is 9.90 Å². The zero-order valence-electron chi connectivity index (χ0n) is 11.0. The van der Waals surface area contributed by atoms with Gasteiger partial charge in [0, 0.05) is 37.6 Å². The molecule has 1 saturated heterocycles. The van der Waals surface area contributed by atoms with E-state index in [1.54, 1.807) is 17.0 Å². The molecule has 19 heavy (non-hydrogen) atoms. The number of amides is 1. The van der Waals surface area contributed by atoms with Crippen molar-refractivity contribution in [1.29, 1.82) is 0 Å². The topological polar surface area (TPSA) is 52.6 Å². The molecule has 2 rings (SSSR count). The van der Waals surface area contributed by atoms with Gasteiger partial charge in [-0.2, -0.15) is 0 Å². The molecular formula is C14H19ClN2O2. The van der Waals surface area contributed by atoms with Gasteiger partial charge in [-0.25, -0.2) is 0 Å². The monoisotopic (exact) mass is 282 g/mol. The maximum atomic E-state index is 11.4. The van der Waals surface area contributed by atoms with Gasteiger partial charge in [0.05, 0.1) is 6.10 Å². The highest BCUT2D eigenvalue weighted by atomic mass is 35.5. The Labute approximate surface area is 118 Å². The summed E-state index contributed by atoms with van der Waals surface area (Å²) in [7, 11) is 1.81. The molecule has 2 atom stereocenters. The first-order valence-electron chi connectivity index (χ1n) is 6.47. The lowest BCUT2D eigenvalue weighted by molar-refractivity contribution is -0.132. The van der Waals surface area contributed by atoms with Crippen molar-refractivity contribution in [2.24, 2.45) is 0 Å². The lowest BCUT2D eigenvalue weighted by atomic mass is 10.0. The molecule has 1 fully saturated rings. The zero-order valence-corrected chi connectivity index (χ0v) is 11.7. The molecule has 0 saturated carbocycles. The molecule has 1 aromatic rings. The normalized spacial score (nSPS) is 21.5. The first-order valence-corrected chi connectivity index (χ1v) is 6.85. The minimum Gasteiger partial charge on any atom is -0.387 e. The van der Waals surface area contributed by atoms with Crippen molar-refractivity contribution in [1.82, 2.24) is 10.2 Å². The third-order valence-electron chi connectivity index (χ3n) is 3.48. The van der Waals surface area contributed by atoms with Gasteiger partial charge in [-0.3, -0.25) is 4.79 Å². The number of aliphatic hydroxyl groups is 1. The Bertz CT molecular complexity index is 436. The van der Waals surface area contributed by atoms with E-state index < -0.39 is 6.10 Å². The van der Waals surface area contributed by atoms with E-state index in [4.69, 9.17) is 11.6 Å². The van der Waals surface area contributed by atoms with Crippen molar-refractivity contribution >= 4 is 17.5 Å². The number of piperidine rings is 1. The van der Waals surface area contributed by atoms with Gasteiger partial charge in [-0.15, -0.1) is 0 Å².